The van der Waals surface area contributed by atoms with Crippen molar-refractivity contribution in [3.05, 3.63) is 131 Å². The van der Waals surface area contributed by atoms with E-state index in [0.717, 1.165) is 6.42 Å². The van der Waals surface area contributed by atoms with Crippen molar-refractivity contribution in [1.82, 2.24) is 0 Å². The van der Waals surface area contributed by atoms with Gasteiger partial charge in [-0.3, -0.25) is 0 Å². The molecule has 0 N–H and O–H groups in total. The molecule has 0 spiro atoms. The maximum absolute atomic E-state index is 2.45. The predicted octanol–water partition coefficient (Wildman–Crippen LogP) is 9.86. The fraction of sp³-hybridized carbons (Fsp3) is 0.0588. The molecular formula is C34H22S. The molecule has 0 radical (unpaired) electrons. The Morgan fingerprint density at radius 2 is 1.37 bits per heavy atom. The number of thioether (sulfide) groups is 1. The van der Waals surface area contributed by atoms with Gasteiger partial charge < -0.3 is 0 Å². The van der Waals surface area contributed by atoms with Crippen molar-refractivity contribution in [1.29, 1.82) is 0 Å². The fourth-order valence-electron chi connectivity index (χ4n) is 6.25. The average molecular weight is 463 g/mol. The topological polar surface area (TPSA) is 0 Å². The van der Waals surface area contributed by atoms with Crippen LogP contribution in [0, 0.1) is 0 Å². The quantitative estimate of drug-likeness (QED) is 0.173. The summed E-state index contributed by atoms with van der Waals surface area (Å²) in [5, 5.41) is 10.8. The third-order valence-corrected chi connectivity index (χ3v) is 8.96. The first-order valence-electron chi connectivity index (χ1n) is 12.3. The van der Waals surface area contributed by atoms with Gasteiger partial charge in [-0.25, -0.2) is 0 Å². The predicted molar refractivity (Wildman–Crippen MR) is 152 cm³/mol. The van der Waals surface area contributed by atoms with Gasteiger partial charge in [0.25, 0.3) is 0 Å². The zero-order valence-corrected chi connectivity index (χ0v) is 20.0. The third-order valence-electron chi connectivity index (χ3n) is 7.80. The number of allylic oxidation sites excluding steroid dienone is 3. The summed E-state index contributed by atoms with van der Waals surface area (Å²) < 4.78 is 0. The first-order valence-corrected chi connectivity index (χ1v) is 13.1. The summed E-state index contributed by atoms with van der Waals surface area (Å²) in [6, 6.07) is 38.2. The van der Waals surface area contributed by atoms with Gasteiger partial charge in [0.1, 0.15) is 0 Å². The molecule has 0 amide bonds. The highest BCUT2D eigenvalue weighted by atomic mass is 32.2. The van der Waals surface area contributed by atoms with Gasteiger partial charge in [-0.1, -0.05) is 115 Å². The first-order chi connectivity index (χ1) is 17.3. The number of benzene rings is 6. The molecule has 1 heterocycles. The minimum absolute atomic E-state index is 0.338. The maximum Gasteiger partial charge on any atom is 0.0207 e. The molecule has 2 aliphatic rings. The third kappa shape index (κ3) is 2.82. The van der Waals surface area contributed by atoms with Gasteiger partial charge in [0.05, 0.1) is 0 Å². The van der Waals surface area contributed by atoms with Gasteiger partial charge >= 0.3 is 0 Å². The molecule has 8 rings (SSSR count). The molecular weight excluding hydrogens is 440 g/mol. The van der Waals surface area contributed by atoms with Crippen LogP contribution in [0.4, 0.5) is 0 Å². The second-order valence-electron chi connectivity index (χ2n) is 9.67. The number of hydrogen-bond acceptors (Lipinski definition) is 1. The minimum atomic E-state index is 0.338. The molecule has 1 aliphatic carbocycles. The molecule has 0 saturated carbocycles. The highest BCUT2D eigenvalue weighted by molar-refractivity contribution is 8.03. The molecule has 0 aromatic heterocycles. The van der Waals surface area contributed by atoms with Gasteiger partial charge in [0.2, 0.25) is 0 Å². The van der Waals surface area contributed by atoms with Crippen LogP contribution >= 0.6 is 11.8 Å². The fourth-order valence-corrected chi connectivity index (χ4v) is 7.42. The van der Waals surface area contributed by atoms with Crippen molar-refractivity contribution in [3.63, 3.8) is 0 Å². The van der Waals surface area contributed by atoms with Crippen molar-refractivity contribution in [2.45, 2.75) is 17.2 Å². The Hall–Kier alpha value is -3.81. The van der Waals surface area contributed by atoms with Gasteiger partial charge in [0.15, 0.2) is 0 Å². The van der Waals surface area contributed by atoms with Gasteiger partial charge in [0, 0.05) is 21.1 Å². The van der Waals surface area contributed by atoms with Crippen molar-refractivity contribution in [2.75, 3.05) is 0 Å². The maximum atomic E-state index is 2.45. The van der Waals surface area contributed by atoms with E-state index in [9.17, 15) is 0 Å². The molecule has 1 atom stereocenters. The second-order valence-corrected chi connectivity index (χ2v) is 10.8. The Balaban J connectivity index is 1.37. The SMILES string of the molecule is C1=CC(c2c3ccccc3cc3c2ccc2ccccc23)CC2=C1Sc1cccc3cccc2c13. The Labute approximate surface area is 208 Å². The molecule has 6 aromatic carbocycles. The zero-order chi connectivity index (χ0) is 22.9. The van der Waals surface area contributed by atoms with E-state index in [4.69, 9.17) is 0 Å². The molecule has 164 valence electrons. The van der Waals surface area contributed by atoms with E-state index in [-0.39, 0.29) is 0 Å². The minimum Gasteiger partial charge on any atom is -0.0891 e. The van der Waals surface area contributed by atoms with E-state index < -0.39 is 0 Å². The van der Waals surface area contributed by atoms with Gasteiger partial charge in [-0.15, -0.1) is 0 Å². The van der Waals surface area contributed by atoms with E-state index in [0.29, 0.717) is 5.92 Å². The smallest absolute Gasteiger partial charge is 0.0207 e. The molecule has 0 fully saturated rings. The number of hydrogen-bond donors (Lipinski definition) is 0. The summed E-state index contributed by atoms with van der Waals surface area (Å²) in [6.45, 7) is 0. The van der Waals surface area contributed by atoms with E-state index in [2.05, 4.69) is 115 Å². The van der Waals surface area contributed by atoms with Gasteiger partial charge in [-0.05, 0) is 73.0 Å². The summed E-state index contributed by atoms with van der Waals surface area (Å²) in [7, 11) is 0. The normalized spacial score (nSPS) is 17.0. The summed E-state index contributed by atoms with van der Waals surface area (Å²) in [5.41, 5.74) is 4.37. The van der Waals surface area contributed by atoms with Crippen LogP contribution in [0.15, 0.2) is 125 Å². The zero-order valence-electron chi connectivity index (χ0n) is 19.2. The van der Waals surface area contributed by atoms with Crippen molar-refractivity contribution in [3.8, 4) is 0 Å². The van der Waals surface area contributed by atoms with Crippen LogP contribution in [-0.4, -0.2) is 0 Å². The van der Waals surface area contributed by atoms with Crippen LogP contribution in [0.5, 0.6) is 0 Å². The lowest BCUT2D eigenvalue weighted by atomic mass is 9.80. The van der Waals surface area contributed by atoms with Crippen molar-refractivity contribution < 1.29 is 0 Å². The molecule has 0 nitrogen and oxygen atoms in total. The standard InChI is InChI=1S/C34H22S/c1-3-11-25-21(7-1)15-17-28-29(25)19-23-8-2-4-12-26(23)33(28)24-16-18-31-30(20-24)27-13-5-9-22-10-6-14-32(35-31)34(22)27/h1-19,24H,20H2. The first kappa shape index (κ1) is 19.5. The highest BCUT2D eigenvalue weighted by Crippen LogP contribution is 2.52. The summed E-state index contributed by atoms with van der Waals surface area (Å²) in [5.74, 6) is 0.338. The van der Waals surface area contributed by atoms with E-state index in [1.807, 2.05) is 11.8 Å². The molecule has 0 bridgehead atoms. The van der Waals surface area contributed by atoms with E-state index >= 15 is 0 Å². The van der Waals surface area contributed by atoms with Crippen LogP contribution < -0.4 is 0 Å². The summed E-state index contributed by atoms with van der Waals surface area (Å²) in [6.07, 6.45) is 5.87. The number of rotatable bonds is 1. The average Bonchev–Trinajstić information content (AvgIpc) is 2.92. The molecule has 35 heavy (non-hydrogen) atoms. The van der Waals surface area contributed by atoms with Crippen LogP contribution in [0.25, 0.3) is 48.7 Å². The molecule has 6 aromatic rings. The monoisotopic (exact) mass is 462 g/mol. The van der Waals surface area contributed by atoms with Crippen LogP contribution in [0.2, 0.25) is 0 Å². The van der Waals surface area contributed by atoms with Crippen LogP contribution in [0.3, 0.4) is 0 Å². The lowest BCUT2D eigenvalue weighted by molar-refractivity contribution is 0.882. The largest absolute Gasteiger partial charge is 0.0891 e. The van der Waals surface area contributed by atoms with Gasteiger partial charge in [-0.2, -0.15) is 0 Å². The van der Waals surface area contributed by atoms with Crippen LogP contribution in [-0.2, 0) is 0 Å². The van der Waals surface area contributed by atoms with E-state index in [1.54, 1.807) is 0 Å². The Kier molecular flexibility index (Phi) is 4.09. The molecule has 1 unspecified atom stereocenters. The Bertz CT molecular complexity index is 1900. The van der Waals surface area contributed by atoms with Crippen LogP contribution in [0.1, 0.15) is 23.5 Å². The lowest BCUT2D eigenvalue weighted by Crippen LogP contribution is -2.07. The number of fused-ring (bicyclic) bond motifs is 5. The second kappa shape index (κ2) is 7.34. The lowest BCUT2D eigenvalue weighted by Gasteiger charge is -2.29. The molecule has 1 heteroatoms. The highest BCUT2D eigenvalue weighted by Gasteiger charge is 2.27. The Morgan fingerprint density at radius 1 is 0.600 bits per heavy atom. The van der Waals surface area contributed by atoms with Crippen molar-refractivity contribution in [2.24, 2.45) is 0 Å². The van der Waals surface area contributed by atoms with Crippen molar-refractivity contribution >= 4 is 60.4 Å². The van der Waals surface area contributed by atoms with E-state index in [1.165, 1.54) is 69.6 Å². The Morgan fingerprint density at radius 3 is 2.29 bits per heavy atom. The molecule has 1 aliphatic heterocycles. The molecule has 0 saturated heterocycles. The summed E-state index contributed by atoms with van der Waals surface area (Å²) >= 11 is 1.93. The summed E-state index contributed by atoms with van der Waals surface area (Å²) in [4.78, 5) is 2.78.